The lowest BCUT2D eigenvalue weighted by Crippen LogP contribution is -2.58. The summed E-state index contributed by atoms with van der Waals surface area (Å²) in [4.78, 5) is 23.9. The van der Waals surface area contributed by atoms with E-state index in [2.05, 4.69) is 26.1 Å². The summed E-state index contributed by atoms with van der Waals surface area (Å²) < 4.78 is 0. The lowest BCUT2D eigenvalue weighted by molar-refractivity contribution is -0.174. The van der Waals surface area contributed by atoms with Crippen molar-refractivity contribution in [2.24, 2.45) is 52.3 Å². The van der Waals surface area contributed by atoms with E-state index in [1.165, 1.54) is 25.7 Å². The van der Waals surface area contributed by atoms with Crippen LogP contribution in [0.5, 0.6) is 0 Å². The van der Waals surface area contributed by atoms with Crippen molar-refractivity contribution in [1.82, 2.24) is 5.32 Å². The van der Waals surface area contributed by atoms with Gasteiger partial charge in [-0.05, 0) is 123 Å². The Kier molecular flexibility index (Phi) is 7.26. The van der Waals surface area contributed by atoms with Gasteiger partial charge < -0.3 is 20.6 Å². The molecule has 0 aliphatic heterocycles. The Morgan fingerprint density at radius 2 is 1.64 bits per heavy atom. The molecule has 5 aliphatic rings. The highest BCUT2D eigenvalue weighted by Gasteiger charge is 2.62. The molecule has 0 saturated heterocycles. The smallest absolute Gasteiger partial charge is 0.306 e. The number of carboxylic acids is 1. The Hall–Kier alpha value is -1.14. The molecule has 0 radical (unpaired) electrons. The molecule has 0 aromatic carbocycles. The lowest BCUT2D eigenvalue weighted by Gasteiger charge is -2.62. The zero-order valence-corrected chi connectivity index (χ0v) is 22.6. The van der Waals surface area contributed by atoms with E-state index in [9.17, 15) is 24.9 Å². The number of hydrogen-bond donors (Lipinski definition) is 4. The molecular weight excluding hydrogens is 454 g/mol. The molecule has 0 heterocycles. The van der Waals surface area contributed by atoms with Crippen molar-refractivity contribution in [2.45, 2.75) is 122 Å². The molecule has 5 fully saturated rings. The topological polar surface area (TPSA) is 107 Å². The summed E-state index contributed by atoms with van der Waals surface area (Å²) in [5.41, 5.74) is 0.488. The zero-order chi connectivity index (χ0) is 25.8. The van der Waals surface area contributed by atoms with Gasteiger partial charge in [-0.15, -0.1) is 0 Å². The fourth-order valence-electron chi connectivity index (χ4n) is 10.4. The minimum Gasteiger partial charge on any atom is -0.481 e. The first-order chi connectivity index (χ1) is 17.0. The molecule has 4 N–H and O–H groups in total. The van der Waals surface area contributed by atoms with Gasteiger partial charge in [0.25, 0.3) is 0 Å². The van der Waals surface area contributed by atoms with Crippen molar-refractivity contribution in [1.29, 1.82) is 0 Å². The van der Waals surface area contributed by atoms with Gasteiger partial charge >= 0.3 is 5.97 Å². The van der Waals surface area contributed by atoms with Crippen LogP contribution in [-0.4, -0.2) is 45.4 Å². The van der Waals surface area contributed by atoms with Crippen LogP contribution < -0.4 is 5.32 Å². The number of rotatable bonds is 6. The van der Waals surface area contributed by atoms with Crippen LogP contribution in [0.3, 0.4) is 0 Å². The lowest BCUT2D eigenvalue weighted by atomic mass is 9.43. The van der Waals surface area contributed by atoms with E-state index in [0.29, 0.717) is 54.8 Å². The monoisotopic (exact) mass is 503 g/mol. The fraction of sp³-hybridized carbons (Fsp3) is 0.933. The molecule has 5 aliphatic carbocycles. The second-order valence-corrected chi connectivity index (χ2v) is 14.1. The van der Waals surface area contributed by atoms with E-state index in [-0.39, 0.29) is 40.9 Å². The fourth-order valence-corrected chi connectivity index (χ4v) is 10.4. The average molecular weight is 504 g/mol. The summed E-state index contributed by atoms with van der Waals surface area (Å²) in [5, 5.41) is 34.0. The predicted octanol–water partition coefficient (Wildman–Crippen LogP) is 4.76. The standard InChI is InChI=1S/C30H49NO5/c1-17(4-9-26(34)31-20-6-5-18(14-20)28(35)36)22-7-8-23-27-24(11-13-30(22,23)3)29(2)12-10-21(32)15-19(29)16-25(27)33/h17-25,27,32-33H,4-16H2,1-3H3,(H,31,34)(H,35,36)/t17-,18?,19+,20?,21-,22-,23+,24+,25+,27+,29+,30-/m1/s1. The van der Waals surface area contributed by atoms with E-state index in [1.54, 1.807) is 0 Å². The zero-order valence-electron chi connectivity index (χ0n) is 22.6. The van der Waals surface area contributed by atoms with Crippen LogP contribution in [0, 0.1) is 52.3 Å². The van der Waals surface area contributed by atoms with Gasteiger partial charge in [-0.2, -0.15) is 0 Å². The number of carboxylic acid groups (broad SMARTS) is 1. The molecule has 36 heavy (non-hydrogen) atoms. The number of fused-ring (bicyclic) bond motifs is 5. The normalized spacial score (nSPS) is 49.0. The number of carbonyl (C=O) groups excluding carboxylic acids is 1. The highest BCUT2D eigenvalue weighted by molar-refractivity contribution is 5.76. The molecule has 6 heteroatoms. The summed E-state index contributed by atoms with van der Waals surface area (Å²) in [6.07, 6.45) is 11.5. The van der Waals surface area contributed by atoms with Gasteiger partial charge in [0.15, 0.2) is 0 Å². The summed E-state index contributed by atoms with van der Waals surface area (Å²) in [7, 11) is 0. The van der Waals surface area contributed by atoms with Gasteiger partial charge in [-0.1, -0.05) is 20.8 Å². The Labute approximate surface area is 217 Å². The van der Waals surface area contributed by atoms with Crippen LogP contribution in [0.4, 0.5) is 0 Å². The molecule has 5 saturated carbocycles. The van der Waals surface area contributed by atoms with Crippen molar-refractivity contribution >= 4 is 11.9 Å². The average Bonchev–Trinajstić information content (AvgIpc) is 3.43. The summed E-state index contributed by atoms with van der Waals surface area (Å²) in [5.74, 6) is 2.02. The maximum atomic E-state index is 12.7. The first-order valence-corrected chi connectivity index (χ1v) is 14.9. The molecule has 12 atom stereocenters. The molecule has 2 unspecified atom stereocenters. The van der Waals surface area contributed by atoms with Crippen LogP contribution in [0.15, 0.2) is 0 Å². The third-order valence-electron chi connectivity index (χ3n) is 12.4. The maximum Gasteiger partial charge on any atom is 0.306 e. The van der Waals surface area contributed by atoms with Gasteiger partial charge in [0.2, 0.25) is 5.91 Å². The first kappa shape index (κ1) is 26.5. The largest absolute Gasteiger partial charge is 0.481 e. The summed E-state index contributed by atoms with van der Waals surface area (Å²) >= 11 is 0. The number of aliphatic hydroxyl groups is 2. The molecule has 1 amide bonds. The van der Waals surface area contributed by atoms with Crippen molar-refractivity contribution in [3.63, 3.8) is 0 Å². The molecule has 0 spiro atoms. The number of aliphatic hydroxyl groups excluding tert-OH is 2. The molecule has 6 nitrogen and oxygen atoms in total. The SMILES string of the molecule is C[C@H](CCC(=O)NC1CCC(C(=O)O)C1)[C@H]1CC[C@H]2[C@@H]3[C@@H](O)C[C@@H]4C[C@H](O)CC[C@]4(C)[C@H]3CC[C@]12C. The predicted molar refractivity (Wildman–Crippen MR) is 138 cm³/mol. The molecule has 0 bridgehead atoms. The second kappa shape index (κ2) is 9.87. The molecule has 204 valence electrons. The van der Waals surface area contributed by atoms with Gasteiger partial charge in [0.1, 0.15) is 0 Å². The van der Waals surface area contributed by atoms with E-state index in [0.717, 1.165) is 38.5 Å². The van der Waals surface area contributed by atoms with E-state index < -0.39 is 5.97 Å². The Morgan fingerprint density at radius 1 is 0.917 bits per heavy atom. The van der Waals surface area contributed by atoms with Gasteiger partial charge in [-0.25, -0.2) is 0 Å². The van der Waals surface area contributed by atoms with Crippen LogP contribution in [0.25, 0.3) is 0 Å². The molecule has 0 aromatic rings. The van der Waals surface area contributed by atoms with E-state index >= 15 is 0 Å². The Morgan fingerprint density at radius 3 is 2.36 bits per heavy atom. The van der Waals surface area contributed by atoms with Crippen molar-refractivity contribution in [2.75, 3.05) is 0 Å². The van der Waals surface area contributed by atoms with Gasteiger partial charge in [0, 0.05) is 12.5 Å². The van der Waals surface area contributed by atoms with Crippen LogP contribution in [-0.2, 0) is 9.59 Å². The Balaban J connectivity index is 1.19. The van der Waals surface area contributed by atoms with Crippen molar-refractivity contribution in [3.05, 3.63) is 0 Å². The van der Waals surface area contributed by atoms with Crippen molar-refractivity contribution in [3.8, 4) is 0 Å². The first-order valence-electron chi connectivity index (χ1n) is 14.9. The van der Waals surface area contributed by atoms with E-state index in [4.69, 9.17) is 0 Å². The van der Waals surface area contributed by atoms with Crippen molar-refractivity contribution < 1.29 is 24.9 Å². The van der Waals surface area contributed by atoms with Gasteiger partial charge in [0.05, 0.1) is 18.1 Å². The van der Waals surface area contributed by atoms with Crippen LogP contribution >= 0.6 is 0 Å². The molecular formula is C30H49NO5. The number of carbonyl (C=O) groups is 2. The number of amides is 1. The summed E-state index contributed by atoms with van der Waals surface area (Å²) in [6, 6.07) is 0.0106. The number of nitrogens with one attached hydrogen (secondary N) is 1. The second-order valence-electron chi connectivity index (χ2n) is 14.1. The third-order valence-corrected chi connectivity index (χ3v) is 12.4. The summed E-state index contributed by atoms with van der Waals surface area (Å²) in [6.45, 7) is 7.27. The number of aliphatic carboxylic acids is 1. The van der Waals surface area contributed by atoms with Crippen LogP contribution in [0.1, 0.15) is 104 Å². The quantitative estimate of drug-likeness (QED) is 0.418. The third kappa shape index (κ3) is 4.52. The maximum absolute atomic E-state index is 12.7. The van der Waals surface area contributed by atoms with Crippen LogP contribution in [0.2, 0.25) is 0 Å². The van der Waals surface area contributed by atoms with E-state index in [1.807, 2.05) is 0 Å². The molecule has 0 aromatic heterocycles. The highest BCUT2D eigenvalue weighted by Crippen LogP contribution is 2.68. The Bertz CT molecular complexity index is 847. The van der Waals surface area contributed by atoms with Gasteiger partial charge in [-0.3, -0.25) is 9.59 Å². The minimum absolute atomic E-state index is 0.0106. The highest BCUT2D eigenvalue weighted by atomic mass is 16.4. The number of hydrogen-bond acceptors (Lipinski definition) is 4. The molecule has 5 rings (SSSR count). The minimum atomic E-state index is -0.743.